The first-order chi connectivity index (χ1) is 11.1. The summed E-state index contributed by atoms with van der Waals surface area (Å²) in [6.45, 7) is 0. The lowest BCUT2D eigenvalue weighted by molar-refractivity contribution is -0.122. The minimum absolute atomic E-state index is 0.0936. The van der Waals surface area contributed by atoms with Crippen molar-refractivity contribution in [2.75, 3.05) is 10.6 Å². The van der Waals surface area contributed by atoms with Crippen molar-refractivity contribution in [2.24, 2.45) is 0 Å². The van der Waals surface area contributed by atoms with Crippen molar-refractivity contribution in [1.82, 2.24) is 5.32 Å². The number of carbonyl (C=O) groups excluding carboxylic acids is 2. The Labute approximate surface area is 139 Å². The summed E-state index contributed by atoms with van der Waals surface area (Å²) in [6.07, 6.45) is 0.896. The summed E-state index contributed by atoms with van der Waals surface area (Å²) < 4.78 is 0. The van der Waals surface area contributed by atoms with E-state index in [1.807, 2.05) is 30.3 Å². The molecule has 1 heterocycles. The van der Waals surface area contributed by atoms with Crippen LogP contribution in [0.1, 0.15) is 12.8 Å². The normalized spacial score (nSPS) is 16.7. The topological polar surface area (TPSA) is 70.2 Å². The van der Waals surface area contributed by atoms with E-state index in [9.17, 15) is 9.59 Å². The molecule has 2 amide bonds. The molecule has 0 radical (unpaired) electrons. The maximum Gasteiger partial charge on any atom is 0.247 e. The highest BCUT2D eigenvalue weighted by Gasteiger charge is 2.27. The number of rotatable bonds is 4. The van der Waals surface area contributed by atoms with Crippen molar-refractivity contribution >= 4 is 40.5 Å². The molecule has 2 aromatic carbocycles. The van der Waals surface area contributed by atoms with Crippen molar-refractivity contribution in [3.63, 3.8) is 0 Å². The monoisotopic (exact) mass is 329 g/mol. The van der Waals surface area contributed by atoms with E-state index in [-0.39, 0.29) is 11.8 Å². The van der Waals surface area contributed by atoms with Crippen LogP contribution in [-0.2, 0) is 9.59 Å². The molecule has 118 valence electrons. The van der Waals surface area contributed by atoms with Crippen LogP contribution in [0, 0.1) is 0 Å². The average molecular weight is 330 g/mol. The Morgan fingerprint density at radius 3 is 2.61 bits per heavy atom. The molecule has 1 aliphatic heterocycles. The minimum Gasteiger partial charge on any atom is -0.354 e. The molecule has 1 saturated heterocycles. The number of halogens is 1. The number of nitrogens with one attached hydrogen (secondary N) is 3. The first kappa shape index (κ1) is 15.4. The van der Waals surface area contributed by atoms with Crippen molar-refractivity contribution in [1.29, 1.82) is 0 Å². The Morgan fingerprint density at radius 1 is 1.13 bits per heavy atom. The molecule has 0 aromatic heterocycles. The fourth-order valence-corrected chi connectivity index (χ4v) is 2.61. The van der Waals surface area contributed by atoms with Gasteiger partial charge in [-0.05, 0) is 36.8 Å². The Balaban J connectivity index is 1.79. The van der Waals surface area contributed by atoms with Gasteiger partial charge in [-0.25, -0.2) is 0 Å². The Kier molecular flexibility index (Phi) is 4.48. The van der Waals surface area contributed by atoms with E-state index in [1.54, 1.807) is 18.2 Å². The molecule has 3 N–H and O–H groups in total. The smallest absolute Gasteiger partial charge is 0.247 e. The minimum atomic E-state index is -0.484. The molecule has 1 fully saturated rings. The molecule has 2 aromatic rings. The Morgan fingerprint density at radius 2 is 1.91 bits per heavy atom. The molecular weight excluding hydrogens is 314 g/mol. The number of hydrogen-bond donors (Lipinski definition) is 3. The number of carbonyl (C=O) groups is 2. The molecule has 0 saturated carbocycles. The zero-order valence-electron chi connectivity index (χ0n) is 12.3. The van der Waals surface area contributed by atoms with Crippen LogP contribution in [0.4, 0.5) is 17.1 Å². The maximum atomic E-state index is 12.3. The molecule has 1 atom stereocenters. The lowest BCUT2D eigenvalue weighted by atomic mass is 10.2. The van der Waals surface area contributed by atoms with Gasteiger partial charge in [0.1, 0.15) is 6.04 Å². The average Bonchev–Trinajstić information content (AvgIpc) is 2.98. The molecule has 5 nitrogen and oxygen atoms in total. The van der Waals surface area contributed by atoms with Gasteiger partial charge in [0.15, 0.2) is 0 Å². The summed E-state index contributed by atoms with van der Waals surface area (Å²) in [4.78, 5) is 23.5. The van der Waals surface area contributed by atoms with Gasteiger partial charge in [-0.3, -0.25) is 9.59 Å². The zero-order chi connectivity index (χ0) is 16.2. The fraction of sp³-hybridized carbons (Fsp3) is 0.176. The van der Waals surface area contributed by atoms with Gasteiger partial charge in [0.2, 0.25) is 11.8 Å². The number of benzene rings is 2. The van der Waals surface area contributed by atoms with E-state index in [1.165, 1.54) is 0 Å². The molecule has 0 aliphatic carbocycles. The molecule has 6 heteroatoms. The number of para-hydroxylation sites is 1. The standard InChI is InChI=1S/C17H16ClN3O2/c18-11-6-7-13(21-17(23)14-8-9-16(22)20-14)15(10-11)19-12-4-2-1-3-5-12/h1-7,10,14,19H,8-9H2,(H,20,22)(H,21,23)/t14-/m0/s1. The fourth-order valence-electron chi connectivity index (χ4n) is 2.44. The second kappa shape index (κ2) is 6.71. The van der Waals surface area contributed by atoms with Crippen LogP contribution in [0.2, 0.25) is 5.02 Å². The van der Waals surface area contributed by atoms with E-state index < -0.39 is 6.04 Å². The second-order valence-corrected chi connectivity index (χ2v) is 5.77. The van der Waals surface area contributed by atoms with Crippen molar-refractivity contribution < 1.29 is 9.59 Å². The summed E-state index contributed by atoms with van der Waals surface area (Å²) in [6, 6.07) is 14.3. The number of anilines is 3. The predicted molar refractivity (Wildman–Crippen MR) is 91.0 cm³/mol. The molecule has 0 unspecified atom stereocenters. The molecule has 0 spiro atoms. The lowest BCUT2D eigenvalue weighted by Crippen LogP contribution is -2.37. The van der Waals surface area contributed by atoms with E-state index in [2.05, 4.69) is 16.0 Å². The highest BCUT2D eigenvalue weighted by Crippen LogP contribution is 2.29. The van der Waals surface area contributed by atoms with Crippen LogP contribution in [0.5, 0.6) is 0 Å². The first-order valence-electron chi connectivity index (χ1n) is 7.34. The van der Waals surface area contributed by atoms with Crippen LogP contribution in [-0.4, -0.2) is 17.9 Å². The molecule has 1 aliphatic rings. The SMILES string of the molecule is O=C1CC[C@@H](C(=O)Nc2ccc(Cl)cc2Nc2ccccc2)N1. The predicted octanol–water partition coefficient (Wildman–Crippen LogP) is 3.30. The molecule has 3 rings (SSSR count). The van der Waals surface area contributed by atoms with E-state index in [4.69, 9.17) is 11.6 Å². The first-order valence-corrected chi connectivity index (χ1v) is 7.71. The van der Waals surface area contributed by atoms with Crippen LogP contribution in [0.3, 0.4) is 0 Å². The van der Waals surface area contributed by atoms with Gasteiger partial charge in [0, 0.05) is 17.1 Å². The van der Waals surface area contributed by atoms with Gasteiger partial charge in [0.25, 0.3) is 0 Å². The summed E-state index contributed by atoms with van der Waals surface area (Å²) in [5.74, 6) is -0.321. The summed E-state index contributed by atoms with van der Waals surface area (Å²) in [5.41, 5.74) is 2.20. The van der Waals surface area contributed by atoms with Crippen LogP contribution < -0.4 is 16.0 Å². The van der Waals surface area contributed by atoms with Gasteiger partial charge in [0.05, 0.1) is 11.4 Å². The van der Waals surface area contributed by atoms with Crippen molar-refractivity contribution in [3.8, 4) is 0 Å². The highest BCUT2D eigenvalue weighted by atomic mass is 35.5. The third-order valence-electron chi connectivity index (χ3n) is 3.60. The highest BCUT2D eigenvalue weighted by molar-refractivity contribution is 6.31. The number of hydrogen-bond acceptors (Lipinski definition) is 3. The largest absolute Gasteiger partial charge is 0.354 e. The number of amides is 2. The van der Waals surface area contributed by atoms with Gasteiger partial charge < -0.3 is 16.0 Å². The van der Waals surface area contributed by atoms with Gasteiger partial charge in [-0.1, -0.05) is 29.8 Å². The van der Waals surface area contributed by atoms with Crippen LogP contribution in [0.15, 0.2) is 48.5 Å². The summed E-state index contributed by atoms with van der Waals surface area (Å²) >= 11 is 6.06. The van der Waals surface area contributed by atoms with Gasteiger partial charge in [-0.15, -0.1) is 0 Å². The molecular formula is C17H16ClN3O2. The Bertz CT molecular complexity index is 734. The van der Waals surface area contributed by atoms with E-state index >= 15 is 0 Å². The third-order valence-corrected chi connectivity index (χ3v) is 3.84. The molecule has 0 bridgehead atoms. The quantitative estimate of drug-likeness (QED) is 0.806. The summed E-state index contributed by atoms with van der Waals surface area (Å²) in [5, 5.41) is 9.30. The van der Waals surface area contributed by atoms with Gasteiger partial charge >= 0.3 is 0 Å². The van der Waals surface area contributed by atoms with Crippen molar-refractivity contribution in [2.45, 2.75) is 18.9 Å². The summed E-state index contributed by atoms with van der Waals surface area (Å²) in [7, 11) is 0. The van der Waals surface area contributed by atoms with Gasteiger partial charge in [-0.2, -0.15) is 0 Å². The van der Waals surface area contributed by atoms with E-state index in [0.717, 1.165) is 5.69 Å². The van der Waals surface area contributed by atoms with E-state index in [0.29, 0.717) is 29.2 Å². The van der Waals surface area contributed by atoms with Crippen LogP contribution in [0.25, 0.3) is 0 Å². The molecule has 23 heavy (non-hydrogen) atoms. The zero-order valence-corrected chi connectivity index (χ0v) is 13.1. The van der Waals surface area contributed by atoms with Crippen LogP contribution >= 0.6 is 11.6 Å². The lowest BCUT2D eigenvalue weighted by Gasteiger charge is -2.16. The maximum absolute atomic E-state index is 12.3. The Hall–Kier alpha value is -2.53. The van der Waals surface area contributed by atoms with Crippen molar-refractivity contribution in [3.05, 3.63) is 53.6 Å². The second-order valence-electron chi connectivity index (χ2n) is 5.33. The third kappa shape index (κ3) is 3.81.